The Morgan fingerprint density at radius 2 is 2.05 bits per heavy atom. The summed E-state index contributed by atoms with van der Waals surface area (Å²) in [5, 5.41) is 3.09. The molecule has 0 saturated heterocycles. The maximum atomic E-state index is 13.4. The van der Waals surface area contributed by atoms with E-state index < -0.39 is 5.82 Å². The molecule has 0 bridgehead atoms. The lowest BCUT2D eigenvalue weighted by molar-refractivity contribution is 0.292. The summed E-state index contributed by atoms with van der Waals surface area (Å²) in [6, 6.07) is 4.31. The summed E-state index contributed by atoms with van der Waals surface area (Å²) in [6.45, 7) is 2.48. The van der Waals surface area contributed by atoms with Crippen molar-refractivity contribution in [3.05, 3.63) is 29.0 Å². The number of nitrogens with zero attached hydrogens (tertiary/aromatic N) is 3. The van der Waals surface area contributed by atoms with Crippen molar-refractivity contribution in [2.45, 2.75) is 13.3 Å². The molecule has 0 spiro atoms. The van der Waals surface area contributed by atoms with Gasteiger partial charge >= 0.3 is 6.01 Å². The van der Waals surface area contributed by atoms with Crippen molar-refractivity contribution < 1.29 is 9.13 Å². The molecule has 2 aromatic rings. The molecule has 1 N–H and O–H groups in total. The first kappa shape index (κ1) is 14.5. The second kappa shape index (κ2) is 6.47. The van der Waals surface area contributed by atoms with Crippen LogP contribution in [0.5, 0.6) is 6.01 Å². The Hall–Kier alpha value is -1.95. The van der Waals surface area contributed by atoms with Gasteiger partial charge in [-0.2, -0.15) is 15.0 Å². The molecule has 1 heterocycles. The lowest BCUT2D eigenvalue weighted by atomic mass is 10.2. The van der Waals surface area contributed by atoms with E-state index in [1.807, 2.05) is 6.92 Å². The van der Waals surface area contributed by atoms with Gasteiger partial charge in [-0.25, -0.2) is 4.39 Å². The fourth-order valence-electron chi connectivity index (χ4n) is 1.54. The van der Waals surface area contributed by atoms with Gasteiger partial charge in [-0.15, -0.1) is 0 Å². The van der Waals surface area contributed by atoms with E-state index in [1.165, 1.54) is 12.1 Å². The minimum Gasteiger partial charge on any atom is -0.463 e. The molecular formula is C13H14ClFN4O. The fourth-order valence-corrected chi connectivity index (χ4v) is 1.76. The van der Waals surface area contributed by atoms with E-state index in [0.717, 1.165) is 6.42 Å². The van der Waals surface area contributed by atoms with Crippen LogP contribution in [0, 0.1) is 5.82 Å². The number of benzene rings is 1. The van der Waals surface area contributed by atoms with Gasteiger partial charge in [-0.3, -0.25) is 0 Å². The number of rotatable bonds is 5. The summed E-state index contributed by atoms with van der Waals surface area (Å²) in [5.41, 5.74) is 0.468. The Labute approximate surface area is 121 Å². The average Bonchev–Trinajstić information content (AvgIpc) is 2.43. The Kier molecular flexibility index (Phi) is 4.68. The topological polar surface area (TPSA) is 59.9 Å². The molecular weight excluding hydrogens is 283 g/mol. The van der Waals surface area contributed by atoms with Gasteiger partial charge in [0, 0.05) is 17.6 Å². The monoisotopic (exact) mass is 296 g/mol. The molecule has 5 nitrogen and oxygen atoms in total. The summed E-state index contributed by atoms with van der Waals surface area (Å²) in [7, 11) is 1.68. The SMILES string of the molecule is CCCOc1nc(NC)nc(-c2cc(F)cc(Cl)c2)n1. The highest BCUT2D eigenvalue weighted by Crippen LogP contribution is 2.23. The molecule has 0 aliphatic rings. The van der Waals surface area contributed by atoms with Crippen molar-refractivity contribution in [2.75, 3.05) is 19.0 Å². The summed E-state index contributed by atoms with van der Waals surface area (Å²) < 4.78 is 18.8. The molecule has 0 atom stereocenters. The minimum absolute atomic E-state index is 0.196. The van der Waals surface area contributed by atoms with Crippen LogP contribution in [0.2, 0.25) is 5.02 Å². The van der Waals surface area contributed by atoms with Crippen LogP contribution >= 0.6 is 11.6 Å². The smallest absolute Gasteiger partial charge is 0.321 e. The molecule has 106 valence electrons. The second-order valence-electron chi connectivity index (χ2n) is 4.02. The predicted octanol–water partition coefficient (Wildman–Crippen LogP) is 3.16. The van der Waals surface area contributed by atoms with Gasteiger partial charge < -0.3 is 10.1 Å². The molecule has 0 unspecified atom stereocenters. The van der Waals surface area contributed by atoms with Crippen LogP contribution in [0.1, 0.15) is 13.3 Å². The van der Waals surface area contributed by atoms with Crippen molar-refractivity contribution in [1.82, 2.24) is 15.0 Å². The molecule has 20 heavy (non-hydrogen) atoms. The van der Waals surface area contributed by atoms with E-state index in [2.05, 4.69) is 20.3 Å². The van der Waals surface area contributed by atoms with E-state index in [4.69, 9.17) is 16.3 Å². The highest BCUT2D eigenvalue weighted by atomic mass is 35.5. The first-order valence-electron chi connectivity index (χ1n) is 6.15. The highest BCUT2D eigenvalue weighted by Gasteiger charge is 2.10. The van der Waals surface area contributed by atoms with E-state index in [9.17, 15) is 4.39 Å². The van der Waals surface area contributed by atoms with Gasteiger partial charge in [0.05, 0.1) is 6.61 Å². The van der Waals surface area contributed by atoms with Crippen LogP contribution in [-0.4, -0.2) is 28.6 Å². The Morgan fingerprint density at radius 1 is 1.25 bits per heavy atom. The summed E-state index contributed by atoms with van der Waals surface area (Å²) in [6.07, 6.45) is 0.835. The van der Waals surface area contributed by atoms with Crippen LogP contribution in [0.3, 0.4) is 0 Å². The maximum Gasteiger partial charge on any atom is 0.321 e. The van der Waals surface area contributed by atoms with Crippen LogP contribution in [-0.2, 0) is 0 Å². The van der Waals surface area contributed by atoms with Crippen molar-refractivity contribution >= 4 is 17.5 Å². The molecule has 0 aliphatic carbocycles. The van der Waals surface area contributed by atoms with Gasteiger partial charge in [0.15, 0.2) is 5.82 Å². The molecule has 0 fully saturated rings. The van der Waals surface area contributed by atoms with Gasteiger partial charge in [0.1, 0.15) is 5.82 Å². The van der Waals surface area contributed by atoms with E-state index in [-0.39, 0.29) is 11.0 Å². The third-order valence-corrected chi connectivity index (χ3v) is 2.61. The number of hydrogen-bond donors (Lipinski definition) is 1. The summed E-state index contributed by atoms with van der Waals surface area (Å²) >= 11 is 5.84. The van der Waals surface area contributed by atoms with Crippen LogP contribution in [0.15, 0.2) is 18.2 Å². The number of nitrogens with one attached hydrogen (secondary N) is 1. The predicted molar refractivity (Wildman–Crippen MR) is 75.6 cm³/mol. The molecule has 0 saturated carbocycles. The average molecular weight is 297 g/mol. The number of halogens is 2. The largest absolute Gasteiger partial charge is 0.463 e. The maximum absolute atomic E-state index is 13.4. The zero-order valence-electron chi connectivity index (χ0n) is 11.2. The lowest BCUT2D eigenvalue weighted by Crippen LogP contribution is -2.06. The molecule has 1 aromatic carbocycles. The van der Waals surface area contributed by atoms with Crippen LogP contribution in [0.4, 0.5) is 10.3 Å². The van der Waals surface area contributed by atoms with Gasteiger partial charge in [-0.05, 0) is 24.6 Å². The van der Waals surface area contributed by atoms with Crippen molar-refractivity contribution in [1.29, 1.82) is 0 Å². The van der Waals surface area contributed by atoms with Gasteiger partial charge in [-0.1, -0.05) is 18.5 Å². The Morgan fingerprint density at radius 3 is 2.70 bits per heavy atom. The molecule has 7 heteroatoms. The molecule has 0 aliphatic heterocycles. The number of ether oxygens (including phenoxy) is 1. The van der Waals surface area contributed by atoms with Gasteiger partial charge in [0.2, 0.25) is 5.95 Å². The third-order valence-electron chi connectivity index (χ3n) is 2.39. The second-order valence-corrected chi connectivity index (χ2v) is 4.46. The number of aromatic nitrogens is 3. The Balaban J connectivity index is 2.43. The third kappa shape index (κ3) is 3.54. The van der Waals surface area contributed by atoms with E-state index >= 15 is 0 Å². The van der Waals surface area contributed by atoms with E-state index in [0.29, 0.717) is 23.9 Å². The van der Waals surface area contributed by atoms with Crippen molar-refractivity contribution in [3.8, 4) is 17.4 Å². The fraction of sp³-hybridized carbons (Fsp3) is 0.308. The minimum atomic E-state index is -0.449. The van der Waals surface area contributed by atoms with Gasteiger partial charge in [0.25, 0.3) is 0 Å². The quantitative estimate of drug-likeness (QED) is 0.918. The molecule has 0 amide bonds. The lowest BCUT2D eigenvalue weighted by Gasteiger charge is -2.08. The number of anilines is 1. The van der Waals surface area contributed by atoms with Crippen LogP contribution < -0.4 is 10.1 Å². The molecule has 2 rings (SSSR count). The Bertz CT molecular complexity index is 589. The van der Waals surface area contributed by atoms with Crippen molar-refractivity contribution in [3.63, 3.8) is 0 Å². The zero-order valence-corrected chi connectivity index (χ0v) is 11.9. The number of hydrogen-bond acceptors (Lipinski definition) is 5. The van der Waals surface area contributed by atoms with E-state index in [1.54, 1.807) is 13.1 Å². The normalized spacial score (nSPS) is 10.4. The van der Waals surface area contributed by atoms with Crippen molar-refractivity contribution in [2.24, 2.45) is 0 Å². The standard InChI is InChI=1S/C13H14ClFN4O/c1-3-4-20-13-18-11(17-12(16-2)19-13)8-5-9(14)7-10(15)6-8/h5-7H,3-4H2,1-2H3,(H,16,17,18,19). The van der Waals surface area contributed by atoms with Crippen LogP contribution in [0.25, 0.3) is 11.4 Å². The summed E-state index contributed by atoms with van der Waals surface area (Å²) in [5.74, 6) is 0.202. The first-order chi connectivity index (χ1) is 9.62. The summed E-state index contributed by atoms with van der Waals surface area (Å²) in [4.78, 5) is 12.4. The molecule has 0 radical (unpaired) electrons. The zero-order chi connectivity index (χ0) is 14.5. The highest BCUT2D eigenvalue weighted by molar-refractivity contribution is 6.30. The first-order valence-corrected chi connectivity index (χ1v) is 6.53. The molecule has 1 aromatic heterocycles.